The smallest absolute Gasteiger partial charge is 0.208 e. The minimum atomic E-state index is -2.46. The molecule has 5 nitrogen and oxygen atoms in total. The van der Waals surface area contributed by atoms with Crippen LogP contribution in [0.15, 0.2) is 0 Å². The van der Waals surface area contributed by atoms with Crippen LogP contribution < -0.4 is 0 Å². The third kappa shape index (κ3) is 1.69. The van der Waals surface area contributed by atoms with E-state index in [0.29, 0.717) is 0 Å². The van der Waals surface area contributed by atoms with E-state index in [-0.39, 0.29) is 0 Å². The number of hydrogen-bond donors (Lipinski definition) is 3. The lowest BCUT2D eigenvalue weighted by molar-refractivity contribution is -0.163. The maximum absolute atomic E-state index is 10.8. The molecule has 0 heterocycles. The van der Waals surface area contributed by atoms with Crippen LogP contribution in [0, 0.1) is 0 Å². The zero-order valence-electron chi connectivity index (χ0n) is 6.94. The molecule has 0 fully saturated rings. The van der Waals surface area contributed by atoms with Gasteiger partial charge >= 0.3 is 0 Å². The second kappa shape index (κ2) is 3.75. The van der Waals surface area contributed by atoms with E-state index < -0.39 is 29.9 Å². The molecule has 0 aromatic carbocycles. The van der Waals surface area contributed by atoms with Crippen LogP contribution in [0.1, 0.15) is 13.8 Å². The van der Waals surface area contributed by atoms with E-state index in [1.54, 1.807) is 0 Å². The zero-order valence-corrected chi connectivity index (χ0v) is 6.94. The van der Waals surface area contributed by atoms with Crippen LogP contribution in [0.3, 0.4) is 0 Å². The van der Waals surface area contributed by atoms with Crippen molar-refractivity contribution < 1.29 is 24.9 Å². The highest BCUT2D eigenvalue weighted by molar-refractivity contribution is 6.08. The van der Waals surface area contributed by atoms with Crippen LogP contribution in [0.4, 0.5) is 0 Å². The highest BCUT2D eigenvalue weighted by Crippen LogP contribution is 2.13. The molecule has 1 atom stereocenters. The van der Waals surface area contributed by atoms with Crippen LogP contribution in [-0.2, 0) is 9.59 Å². The fourth-order valence-electron chi connectivity index (χ4n) is 0.849. The van der Waals surface area contributed by atoms with Gasteiger partial charge in [-0.05, 0) is 13.8 Å². The van der Waals surface area contributed by atoms with Crippen molar-refractivity contribution in [3.63, 3.8) is 0 Å². The van der Waals surface area contributed by atoms with Crippen molar-refractivity contribution in [2.24, 2.45) is 0 Å². The molecule has 0 radical (unpaired) electrons. The number of ketones is 2. The van der Waals surface area contributed by atoms with Gasteiger partial charge in [-0.1, -0.05) is 0 Å². The third-order valence-electron chi connectivity index (χ3n) is 1.73. The van der Waals surface area contributed by atoms with E-state index in [1.807, 2.05) is 0 Å². The van der Waals surface area contributed by atoms with E-state index in [9.17, 15) is 14.7 Å². The Bertz CT molecular complexity index is 184. The zero-order chi connectivity index (χ0) is 9.94. The highest BCUT2D eigenvalue weighted by atomic mass is 16.4. The Hall–Kier alpha value is -0.780. The van der Waals surface area contributed by atoms with Gasteiger partial charge in [-0.25, -0.2) is 0 Å². The summed E-state index contributed by atoms with van der Waals surface area (Å²) in [6, 6.07) is 0. The normalized spacial score (nSPS) is 14.1. The summed E-state index contributed by atoms with van der Waals surface area (Å²) < 4.78 is 0. The molecule has 0 aromatic rings. The molecule has 0 amide bonds. The average molecular weight is 176 g/mol. The van der Waals surface area contributed by atoms with Crippen molar-refractivity contribution >= 4 is 11.6 Å². The number of carbonyl (C=O) groups excluding carboxylic acids is 2. The molecule has 0 rings (SSSR count). The first-order valence-corrected chi connectivity index (χ1v) is 3.40. The molecule has 70 valence electrons. The van der Waals surface area contributed by atoms with E-state index in [0.717, 1.165) is 13.8 Å². The molecule has 0 saturated heterocycles. The summed E-state index contributed by atoms with van der Waals surface area (Å²) in [5.41, 5.74) is -2.46. The number of hydrogen-bond acceptors (Lipinski definition) is 5. The molecule has 0 spiro atoms. The Labute approximate surface area is 69.6 Å². The van der Waals surface area contributed by atoms with E-state index in [4.69, 9.17) is 10.2 Å². The van der Waals surface area contributed by atoms with Gasteiger partial charge in [0.15, 0.2) is 11.6 Å². The summed E-state index contributed by atoms with van der Waals surface area (Å²) in [4.78, 5) is 21.5. The van der Waals surface area contributed by atoms with Gasteiger partial charge in [-0.3, -0.25) is 9.59 Å². The Morgan fingerprint density at radius 1 is 1.33 bits per heavy atom. The molecule has 0 saturated carbocycles. The molecule has 3 N–H and O–H groups in total. The predicted molar refractivity (Wildman–Crippen MR) is 39.4 cm³/mol. The van der Waals surface area contributed by atoms with Crippen molar-refractivity contribution in [3.05, 3.63) is 0 Å². The van der Waals surface area contributed by atoms with Gasteiger partial charge in [0, 0.05) is 0 Å². The molecule has 0 aliphatic rings. The first-order chi connectivity index (χ1) is 5.37. The number of rotatable bonds is 4. The minimum absolute atomic E-state index is 0.838. The summed E-state index contributed by atoms with van der Waals surface area (Å²) in [5, 5.41) is 26.8. The van der Waals surface area contributed by atoms with Crippen molar-refractivity contribution in [2.75, 3.05) is 6.61 Å². The minimum Gasteiger partial charge on any atom is -0.394 e. The molecule has 5 heteroatoms. The van der Waals surface area contributed by atoms with E-state index in [2.05, 4.69) is 0 Å². The molecule has 0 aliphatic carbocycles. The lowest BCUT2D eigenvalue weighted by Crippen LogP contribution is -2.55. The predicted octanol–water partition coefficient (Wildman–Crippen LogP) is -1.75. The monoisotopic (exact) mass is 176 g/mol. The highest BCUT2D eigenvalue weighted by Gasteiger charge is 2.44. The molecule has 12 heavy (non-hydrogen) atoms. The van der Waals surface area contributed by atoms with Gasteiger partial charge in [0.1, 0.15) is 6.10 Å². The Kier molecular flexibility index (Phi) is 3.51. The number of aliphatic hydroxyl groups is 3. The van der Waals surface area contributed by atoms with Gasteiger partial charge in [0.05, 0.1) is 6.61 Å². The quantitative estimate of drug-likeness (QED) is 0.441. The molecule has 0 aliphatic heterocycles. The van der Waals surface area contributed by atoms with Crippen LogP contribution in [0.5, 0.6) is 0 Å². The van der Waals surface area contributed by atoms with E-state index in [1.165, 1.54) is 0 Å². The maximum Gasteiger partial charge on any atom is 0.208 e. The standard InChI is InChI=1S/C7H12O5/c1-4(9)7(12,5(2)10)6(11)3-8/h6,8,11-12H,3H2,1-2H3. The summed E-state index contributed by atoms with van der Waals surface area (Å²) in [7, 11) is 0. The van der Waals surface area contributed by atoms with Crippen molar-refractivity contribution in [3.8, 4) is 0 Å². The van der Waals surface area contributed by atoms with Gasteiger partial charge in [-0.2, -0.15) is 0 Å². The average Bonchev–Trinajstić information content (AvgIpc) is 2.00. The fraction of sp³-hybridized carbons (Fsp3) is 0.714. The number of carbonyl (C=O) groups is 2. The SMILES string of the molecule is CC(=O)C(O)(C(C)=O)C(O)CO. The van der Waals surface area contributed by atoms with Crippen molar-refractivity contribution in [2.45, 2.75) is 25.6 Å². The first-order valence-electron chi connectivity index (χ1n) is 3.40. The van der Waals surface area contributed by atoms with Crippen molar-refractivity contribution in [1.82, 2.24) is 0 Å². The third-order valence-corrected chi connectivity index (χ3v) is 1.73. The van der Waals surface area contributed by atoms with Gasteiger partial charge in [0.25, 0.3) is 0 Å². The molecule has 0 bridgehead atoms. The Morgan fingerprint density at radius 3 is 1.75 bits per heavy atom. The Morgan fingerprint density at radius 2 is 1.67 bits per heavy atom. The first kappa shape index (κ1) is 11.2. The fourth-order valence-corrected chi connectivity index (χ4v) is 0.849. The second-order valence-electron chi connectivity index (χ2n) is 2.58. The van der Waals surface area contributed by atoms with Crippen molar-refractivity contribution in [1.29, 1.82) is 0 Å². The van der Waals surface area contributed by atoms with Crippen LogP contribution in [0.2, 0.25) is 0 Å². The second-order valence-corrected chi connectivity index (χ2v) is 2.58. The van der Waals surface area contributed by atoms with Gasteiger partial charge in [0.2, 0.25) is 5.60 Å². The van der Waals surface area contributed by atoms with Crippen LogP contribution in [-0.4, -0.2) is 45.2 Å². The van der Waals surface area contributed by atoms with Gasteiger partial charge < -0.3 is 15.3 Å². The topological polar surface area (TPSA) is 94.8 Å². The van der Waals surface area contributed by atoms with Crippen LogP contribution in [0.25, 0.3) is 0 Å². The summed E-state index contributed by atoms with van der Waals surface area (Å²) in [5.74, 6) is -1.76. The van der Waals surface area contributed by atoms with E-state index >= 15 is 0 Å². The summed E-state index contributed by atoms with van der Waals surface area (Å²) in [6.07, 6.45) is -1.76. The lowest BCUT2D eigenvalue weighted by Gasteiger charge is -2.26. The Balaban J connectivity index is 4.87. The van der Waals surface area contributed by atoms with Gasteiger partial charge in [-0.15, -0.1) is 0 Å². The summed E-state index contributed by atoms with van der Waals surface area (Å²) >= 11 is 0. The number of aliphatic hydroxyl groups excluding tert-OH is 2. The largest absolute Gasteiger partial charge is 0.394 e. The molecule has 0 aromatic heterocycles. The molecular weight excluding hydrogens is 164 g/mol. The molecule has 1 unspecified atom stereocenters. The number of Topliss-reactive ketones (excluding diaryl/α,β-unsaturated/α-hetero) is 2. The maximum atomic E-state index is 10.8. The van der Waals surface area contributed by atoms with Crippen LogP contribution >= 0.6 is 0 Å². The molecular formula is C7H12O5. The lowest BCUT2D eigenvalue weighted by atomic mass is 9.89. The summed E-state index contributed by atoms with van der Waals surface area (Å²) in [6.45, 7) is 1.11.